The highest BCUT2D eigenvalue weighted by atomic mass is 16.5. The number of hydrogen-bond acceptors (Lipinski definition) is 5. The summed E-state index contributed by atoms with van der Waals surface area (Å²) in [5, 5.41) is 2.55. The quantitative estimate of drug-likeness (QED) is 0.703. The van der Waals surface area contributed by atoms with E-state index in [-0.39, 0.29) is 37.1 Å². The Balaban J connectivity index is 2.53. The molecule has 0 aliphatic carbocycles. The van der Waals surface area contributed by atoms with Gasteiger partial charge in [0.25, 0.3) is 5.56 Å². The number of aryl methyl sites for hydroxylation is 1. The van der Waals surface area contributed by atoms with Gasteiger partial charge in [-0.3, -0.25) is 14.4 Å². The highest BCUT2D eigenvalue weighted by Gasteiger charge is 2.09. The minimum Gasteiger partial charge on any atom is -0.466 e. The summed E-state index contributed by atoms with van der Waals surface area (Å²) in [5.74, 6) is -0.727. The van der Waals surface area contributed by atoms with E-state index in [4.69, 9.17) is 10.5 Å². The van der Waals surface area contributed by atoms with Gasteiger partial charge in [-0.05, 0) is 26.0 Å². The number of hydrogen-bond donors (Lipinski definition) is 2. The second-order valence-corrected chi connectivity index (χ2v) is 4.23. The Hall–Kier alpha value is -2.31. The predicted molar refractivity (Wildman–Crippen MR) is 74.1 cm³/mol. The van der Waals surface area contributed by atoms with Crippen LogP contribution in [0.25, 0.3) is 0 Å². The van der Waals surface area contributed by atoms with Crippen molar-refractivity contribution in [3.8, 4) is 0 Å². The average Bonchev–Trinajstić information content (AvgIpc) is 2.39. The van der Waals surface area contributed by atoms with Crippen molar-refractivity contribution >= 4 is 17.6 Å². The summed E-state index contributed by atoms with van der Waals surface area (Å²) < 4.78 is 6.02. The summed E-state index contributed by atoms with van der Waals surface area (Å²) in [6.07, 6.45) is 0.102. The van der Waals surface area contributed by atoms with E-state index >= 15 is 0 Å². The molecule has 20 heavy (non-hydrogen) atoms. The van der Waals surface area contributed by atoms with Gasteiger partial charge in [0.05, 0.1) is 18.7 Å². The Morgan fingerprint density at radius 2 is 2.10 bits per heavy atom. The van der Waals surface area contributed by atoms with Crippen molar-refractivity contribution < 1.29 is 14.3 Å². The summed E-state index contributed by atoms with van der Waals surface area (Å²) in [6.45, 7) is 3.79. The number of nitrogens with two attached hydrogens (primary N) is 1. The molecule has 0 aliphatic rings. The number of pyridine rings is 1. The van der Waals surface area contributed by atoms with Crippen molar-refractivity contribution in [3.63, 3.8) is 0 Å². The highest BCUT2D eigenvalue weighted by molar-refractivity contribution is 5.77. The number of amides is 1. The number of rotatable bonds is 6. The molecule has 0 bridgehead atoms. The lowest BCUT2D eigenvalue weighted by molar-refractivity contribution is -0.143. The molecule has 7 heteroatoms. The van der Waals surface area contributed by atoms with Crippen molar-refractivity contribution in [1.82, 2.24) is 9.88 Å². The second-order valence-electron chi connectivity index (χ2n) is 4.23. The van der Waals surface area contributed by atoms with Crippen LogP contribution in [-0.4, -0.2) is 29.6 Å². The van der Waals surface area contributed by atoms with E-state index in [9.17, 15) is 14.4 Å². The lowest BCUT2D eigenvalue weighted by atomic mass is 10.3. The Kier molecular flexibility index (Phi) is 5.76. The highest BCUT2D eigenvalue weighted by Crippen LogP contribution is 1.99. The lowest BCUT2D eigenvalue weighted by Crippen LogP contribution is -2.35. The third kappa shape index (κ3) is 4.42. The minimum atomic E-state index is -0.398. The summed E-state index contributed by atoms with van der Waals surface area (Å²) in [5.41, 5.74) is 5.85. The standard InChI is InChI=1S/C13H19N3O4/c1-3-20-12(18)6-7-15-11(17)8-16-9(2)4-5-10(14)13(16)19/h4-5H,3,6-8,14H2,1-2H3,(H,15,17). The van der Waals surface area contributed by atoms with Crippen LogP contribution in [-0.2, 0) is 20.9 Å². The van der Waals surface area contributed by atoms with Crippen molar-refractivity contribution in [2.24, 2.45) is 0 Å². The Morgan fingerprint density at radius 1 is 1.40 bits per heavy atom. The van der Waals surface area contributed by atoms with Gasteiger partial charge in [0.2, 0.25) is 5.91 Å². The molecule has 1 amide bonds. The van der Waals surface area contributed by atoms with E-state index in [1.165, 1.54) is 10.6 Å². The molecule has 1 aromatic heterocycles. The molecule has 0 spiro atoms. The maximum atomic E-state index is 11.8. The van der Waals surface area contributed by atoms with Crippen LogP contribution in [0, 0.1) is 6.92 Å². The summed E-state index contributed by atoms with van der Waals surface area (Å²) in [7, 11) is 0. The SMILES string of the molecule is CCOC(=O)CCNC(=O)Cn1c(C)ccc(N)c1=O. The molecule has 0 saturated heterocycles. The lowest BCUT2D eigenvalue weighted by Gasteiger charge is -2.10. The molecule has 0 unspecified atom stereocenters. The number of aromatic nitrogens is 1. The first-order valence-corrected chi connectivity index (χ1v) is 6.34. The van der Waals surface area contributed by atoms with Gasteiger partial charge in [0, 0.05) is 12.2 Å². The first-order chi connectivity index (χ1) is 9.45. The van der Waals surface area contributed by atoms with Crippen molar-refractivity contribution in [2.45, 2.75) is 26.8 Å². The van der Waals surface area contributed by atoms with E-state index in [1.807, 2.05) is 0 Å². The van der Waals surface area contributed by atoms with Crippen molar-refractivity contribution in [3.05, 3.63) is 28.2 Å². The molecule has 1 heterocycles. The number of carbonyl (C=O) groups excluding carboxylic acids is 2. The topological polar surface area (TPSA) is 103 Å². The third-order valence-electron chi connectivity index (χ3n) is 2.68. The van der Waals surface area contributed by atoms with Gasteiger partial charge in [-0.1, -0.05) is 0 Å². The van der Waals surface area contributed by atoms with Gasteiger partial charge in [0.1, 0.15) is 6.54 Å². The zero-order valence-electron chi connectivity index (χ0n) is 11.6. The van der Waals surface area contributed by atoms with Crippen LogP contribution in [0.4, 0.5) is 5.69 Å². The number of nitrogen functional groups attached to an aromatic ring is 1. The number of ether oxygens (including phenoxy) is 1. The van der Waals surface area contributed by atoms with Crippen LogP contribution in [0.2, 0.25) is 0 Å². The van der Waals surface area contributed by atoms with Crippen LogP contribution in [0.1, 0.15) is 19.0 Å². The average molecular weight is 281 g/mol. The third-order valence-corrected chi connectivity index (χ3v) is 2.68. The largest absolute Gasteiger partial charge is 0.466 e. The molecule has 3 N–H and O–H groups in total. The first-order valence-electron chi connectivity index (χ1n) is 6.34. The van der Waals surface area contributed by atoms with E-state index in [0.29, 0.717) is 12.3 Å². The molecular formula is C13H19N3O4. The fraction of sp³-hybridized carbons (Fsp3) is 0.462. The van der Waals surface area contributed by atoms with Crippen LogP contribution in [0.3, 0.4) is 0 Å². The van der Waals surface area contributed by atoms with Crippen molar-refractivity contribution in [1.29, 1.82) is 0 Å². The second kappa shape index (κ2) is 7.32. The van der Waals surface area contributed by atoms with Crippen LogP contribution in [0.15, 0.2) is 16.9 Å². The fourth-order valence-electron chi connectivity index (χ4n) is 1.62. The first kappa shape index (κ1) is 15.7. The fourth-order valence-corrected chi connectivity index (χ4v) is 1.62. The molecule has 1 rings (SSSR count). The van der Waals surface area contributed by atoms with Crippen molar-refractivity contribution in [2.75, 3.05) is 18.9 Å². The van der Waals surface area contributed by atoms with Gasteiger partial charge in [0.15, 0.2) is 0 Å². The smallest absolute Gasteiger partial charge is 0.307 e. The van der Waals surface area contributed by atoms with Gasteiger partial charge < -0.3 is 20.4 Å². The number of nitrogens with one attached hydrogen (secondary N) is 1. The predicted octanol–water partition coefficient (Wildman–Crippen LogP) is -0.192. The van der Waals surface area contributed by atoms with Crippen LogP contribution < -0.4 is 16.6 Å². The van der Waals surface area contributed by atoms with Crippen LogP contribution in [0.5, 0.6) is 0 Å². The summed E-state index contributed by atoms with van der Waals surface area (Å²) in [4.78, 5) is 34.6. The number of esters is 1. The van der Waals surface area contributed by atoms with Crippen LogP contribution >= 0.6 is 0 Å². The molecule has 110 valence electrons. The maximum absolute atomic E-state index is 11.8. The minimum absolute atomic E-state index is 0.0925. The Bertz CT molecular complexity index is 551. The maximum Gasteiger partial charge on any atom is 0.307 e. The molecule has 0 atom stereocenters. The molecule has 0 radical (unpaired) electrons. The van der Waals surface area contributed by atoms with E-state index < -0.39 is 5.56 Å². The molecule has 0 aliphatic heterocycles. The molecule has 0 aromatic carbocycles. The summed E-state index contributed by atoms with van der Waals surface area (Å²) in [6, 6.07) is 3.18. The van der Waals surface area contributed by atoms with E-state index in [1.54, 1.807) is 19.9 Å². The van der Waals surface area contributed by atoms with E-state index in [0.717, 1.165) is 0 Å². The van der Waals surface area contributed by atoms with Gasteiger partial charge >= 0.3 is 5.97 Å². The number of anilines is 1. The number of carbonyl (C=O) groups is 2. The van der Waals surface area contributed by atoms with Gasteiger partial charge in [-0.2, -0.15) is 0 Å². The normalized spacial score (nSPS) is 10.1. The molecule has 7 nitrogen and oxygen atoms in total. The van der Waals surface area contributed by atoms with E-state index in [2.05, 4.69) is 5.32 Å². The Labute approximate surface area is 116 Å². The van der Waals surface area contributed by atoms with Gasteiger partial charge in [-0.25, -0.2) is 0 Å². The number of nitrogens with zero attached hydrogens (tertiary/aromatic N) is 1. The van der Waals surface area contributed by atoms with Gasteiger partial charge in [-0.15, -0.1) is 0 Å². The monoisotopic (exact) mass is 281 g/mol. The Morgan fingerprint density at radius 3 is 2.75 bits per heavy atom. The molecule has 0 fully saturated rings. The zero-order chi connectivity index (χ0) is 15.1. The summed E-state index contributed by atoms with van der Waals surface area (Å²) >= 11 is 0. The molecule has 0 saturated carbocycles. The zero-order valence-corrected chi connectivity index (χ0v) is 11.6. The molecular weight excluding hydrogens is 262 g/mol. The molecule has 1 aromatic rings.